The smallest absolute Gasteiger partial charge is 0.292 e. The van der Waals surface area contributed by atoms with E-state index in [2.05, 4.69) is 10.4 Å². The number of anilines is 1. The number of nitrogens with zero attached hydrogens (tertiary/aromatic N) is 2. The maximum absolute atomic E-state index is 12.5. The predicted octanol–water partition coefficient (Wildman–Crippen LogP) is 3.15. The summed E-state index contributed by atoms with van der Waals surface area (Å²) in [5, 5.41) is 8.07. The van der Waals surface area contributed by atoms with Gasteiger partial charge in [-0.05, 0) is 24.3 Å². The van der Waals surface area contributed by atoms with Crippen LogP contribution in [0, 0.1) is 0 Å². The van der Waals surface area contributed by atoms with Crippen molar-refractivity contribution in [2.75, 3.05) is 32.2 Å². The third kappa shape index (κ3) is 3.98. The molecule has 0 radical (unpaired) electrons. The highest BCUT2D eigenvalue weighted by Gasteiger charge is 2.32. The maximum Gasteiger partial charge on any atom is 0.292 e. The van der Waals surface area contributed by atoms with Crippen LogP contribution in [0.5, 0.6) is 0 Å². The summed E-state index contributed by atoms with van der Waals surface area (Å²) in [7, 11) is 1.69. The normalized spacial score (nSPS) is 16.6. The van der Waals surface area contributed by atoms with Crippen molar-refractivity contribution in [3.63, 3.8) is 0 Å². The molecule has 6 nitrogen and oxygen atoms in total. The highest BCUT2D eigenvalue weighted by Crippen LogP contribution is 2.26. The summed E-state index contributed by atoms with van der Waals surface area (Å²) in [4.78, 5) is 12.5. The minimum Gasteiger partial charge on any atom is -0.381 e. The van der Waals surface area contributed by atoms with Gasteiger partial charge in [-0.2, -0.15) is 9.78 Å². The van der Waals surface area contributed by atoms with Gasteiger partial charge in [0.15, 0.2) is 0 Å². The molecule has 1 N–H and O–H groups in total. The first-order chi connectivity index (χ1) is 12.0. The molecule has 0 saturated carbocycles. The first kappa shape index (κ1) is 18.2. The maximum atomic E-state index is 12.5. The van der Waals surface area contributed by atoms with Crippen LogP contribution < -0.4 is 10.9 Å². The third-order valence-corrected chi connectivity index (χ3v) is 5.05. The summed E-state index contributed by atoms with van der Waals surface area (Å²) in [5.41, 5.74) is 0.361. The van der Waals surface area contributed by atoms with Gasteiger partial charge in [-0.1, -0.05) is 23.2 Å². The van der Waals surface area contributed by atoms with Gasteiger partial charge in [0.2, 0.25) is 0 Å². The highest BCUT2D eigenvalue weighted by atomic mass is 35.5. The first-order valence-electron chi connectivity index (χ1n) is 7.95. The second-order valence-electron chi connectivity index (χ2n) is 5.92. The topological polar surface area (TPSA) is 65.4 Å². The Hall–Kier alpha value is -1.60. The van der Waals surface area contributed by atoms with Crippen molar-refractivity contribution in [1.29, 1.82) is 0 Å². The second-order valence-corrected chi connectivity index (χ2v) is 6.73. The van der Waals surface area contributed by atoms with Crippen LogP contribution in [-0.2, 0) is 9.47 Å². The molecule has 0 spiro atoms. The zero-order valence-electron chi connectivity index (χ0n) is 13.8. The van der Waals surface area contributed by atoms with Gasteiger partial charge in [0.05, 0.1) is 23.2 Å². The molecule has 8 heteroatoms. The third-order valence-electron chi connectivity index (χ3n) is 4.43. The largest absolute Gasteiger partial charge is 0.381 e. The number of aromatic nitrogens is 2. The summed E-state index contributed by atoms with van der Waals surface area (Å²) in [6.45, 7) is 1.83. The summed E-state index contributed by atoms with van der Waals surface area (Å²) >= 11 is 12.1. The van der Waals surface area contributed by atoms with Crippen LogP contribution >= 0.6 is 23.2 Å². The van der Waals surface area contributed by atoms with Crippen molar-refractivity contribution >= 4 is 28.9 Å². The molecule has 3 rings (SSSR count). The number of hydrogen-bond donors (Lipinski definition) is 1. The van der Waals surface area contributed by atoms with Crippen molar-refractivity contribution in [2.24, 2.45) is 0 Å². The molecule has 1 aliphatic heterocycles. The number of rotatable bonds is 5. The molecule has 0 aliphatic carbocycles. The number of methoxy groups -OCH3 is 1. The van der Waals surface area contributed by atoms with Crippen LogP contribution in [0.15, 0.2) is 35.3 Å². The standard InChI is InChI=1S/C17H19Cl2N3O3/c1-24-17(6-8-25-9-7-17)11-20-14-10-21-22(16(23)15(14)19)13-4-2-12(18)3-5-13/h2-5,10,20H,6-9,11H2,1H3. The predicted molar refractivity (Wildman–Crippen MR) is 98.1 cm³/mol. The fourth-order valence-electron chi connectivity index (χ4n) is 2.78. The van der Waals surface area contributed by atoms with Crippen LogP contribution in [0.25, 0.3) is 5.69 Å². The Morgan fingerprint density at radius 2 is 1.96 bits per heavy atom. The van der Waals surface area contributed by atoms with E-state index in [4.69, 9.17) is 32.7 Å². The van der Waals surface area contributed by atoms with E-state index in [1.807, 2.05) is 0 Å². The monoisotopic (exact) mass is 383 g/mol. The number of halogens is 2. The molecule has 134 valence electrons. The van der Waals surface area contributed by atoms with Gasteiger partial charge in [-0.15, -0.1) is 0 Å². The van der Waals surface area contributed by atoms with E-state index in [9.17, 15) is 4.79 Å². The van der Waals surface area contributed by atoms with E-state index in [-0.39, 0.29) is 10.6 Å². The molecule has 1 aromatic heterocycles. The Kier molecular flexibility index (Phi) is 5.64. The second kappa shape index (κ2) is 7.74. The minimum atomic E-state index is -0.396. The molecular weight excluding hydrogens is 365 g/mol. The van der Waals surface area contributed by atoms with Crippen molar-refractivity contribution in [2.45, 2.75) is 18.4 Å². The summed E-state index contributed by atoms with van der Waals surface area (Å²) in [6, 6.07) is 6.81. The molecule has 0 bridgehead atoms. The zero-order chi connectivity index (χ0) is 17.9. The molecule has 25 heavy (non-hydrogen) atoms. The molecule has 1 aromatic carbocycles. The lowest BCUT2D eigenvalue weighted by Gasteiger charge is -2.36. The zero-order valence-corrected chi connectivity index (χ0v) is 15.3. The van der Waals surface area contributed by atoms with Crippen LogP contribution in [-0.4, -0.2) is 42.2 Å². The summed E-state index contributed by atoms with van der Waals surface area (Å²) in [6.07, 6.45) is 3.10. The lowest BCUT2D eigenvalue weighted by Crippen LogP contribution is -2.44. The Morgan fingerprint density at radius 1 is 1.28 bits per heavy atom. The fraction of sp³-hybridized carbons (Fsp3) is 0.412. The van der Waals surface area contributed by atoms with E-state index in [1.165, 1.54) is 4.68 Å². The van der Waals surface area contributed by atoms with Gasteiger partial charge in [0, 0.05) is 44.7 Å². The molecular formula is C17H19Cl2N3O3. The molecule has 0 unspecified atom stereocenters. The molecule has 1 saturated heterocycles. The average molecular weight is 384 g/mol. The molecule has 1 fully saturated rings. The Balaban J connectivity index is 1.80. The Labute approximate surface area is 155 Å². The number of nitrogens with one attached hydrogen (secondary N) is 1. The van der Waals surface area contributed by atoms with E-state index in [0.29, 0.717) is 36.2 Å². The molecule has 2 aromatic rings. The summed E-state index contributed by atoms with van der Waals surface area (Å²) in [5.74, 6) is 0. The number of hydrogen-bond acceptors (Lipinski definition) is 5. The molecule has 1 aliphatic rings. The highest BCUT2D eigenvalue weighted by molar-refractivity contribution is 6.33. The van der Waals surface area contributed by atoms with E-state index in [0.717, 1.165) is 12.8 Å². The van der Waals surface area contributed by atoms with Gasteiger partial charge < -0.3 is 14.8 Å². The fourth-order valence-corrected chi connectivity index (χ4v) is 3.10. The lowest BCUT2D eigenvalue weighted by atomic mass is 9.94. The van der Waals surface area contributed by atoms with Gasteiger partial charge in [-0.25, -0.2) is 0 Å². The van der Waals surface area contributed by atoms with Crippen molar-refractivity contribution in [1.82, 2.24) is 9.78 Å². The van der Waals surface area contributed by atoms with Gasteiger partial charge in [-0.3, -0.25) is 4.79 Å². The summed E-state index contributed by atoms with van der Waals surface area (Å²) < 4.78 is 12.3. The average Bonchev–Trinajstić information content (AvgIpc) is 2.65. The quantitative estimate of drug-likeness (QED) is 0.858. The van der Waals surface area contributed by atoms with Gasteiger partial charge in [0.25, 0.3) is 5.56 Å². The minimum absolute atomic E-state index is 0.0864. The van der Waals surface area contributed by atoms with Gasteiger partial charge >= 0.3 is 0 Å². The van der Waals surface area contributed by atoms with Crippen LogP contribution in [0.2, 0.25) is 10.0 Å². The van der Waals surface area contributed by atoms with E-state index in [1.54, 1.807) is 37.6 Å². The van der Waals surface area contributed by atoms with E-state index >= 15 is 0 Å². The SMILES string of the molecule is COC1(CNc2cnn(-c3ccc(Cl)cc3)c(=O)c2Cl)CCOCC1. The lowest BCUT2D eigenvalue weighted by molar-refractivity contribution is -0.0807. The van der Waals surface area contributed by atoms with Gasteiger partial charge in [0.1, 0.15) is 5.02 Å². The molecule has 2 heterocycles. The van der Waals surface area contributed by atoms with Crippen LogP contribution in [0.1, 0.15) is 12.8 Å². The molecule has 0 amide bonds. The van der Waals surface area contributed by atoms with Crippen LogP contribution in [0.3, 0.4) is 0 Å². The molecule has 0 atom stereocenters. The van der Waals surface area contributed by atoms with Crippen molar-refractivity contribution in [3.8, 4) is 5.69 Å². The van der Waals surface area contributed by atoms with Crippen molar-refractivity contribution < 1.29 is 9.47 Å². The van der Waals surface area contributed by atoms with Crippen molar-refractivity contribution in [3.05, 3.63) is 50.9 Å². The Morgan fingerprint density at radius 3 is 2.60 bits per heavy atom. The Bertz CT molecular complexity index is 787. The number of ether oxygens (including phenoxy) is 2. The first-order valence-corrected chi connectivity index (χ1v) is 8.71. The van der Waals surface area contributed by atoms with Crippen LogP contribution in [0.4, 0.5) is 5.69 Å². The number of benzene rings is 1. The van der Waals surface area contributed by atoms with E-state index < -0.39 is 5.56 Å².